The highest BCUT2D eigenvalue weighted by atomic mass is 16.2. The van der Waals surface area contributed by atoms with Gasteiger partial charge in [0.15, 0.2) is 0 Å². The molecule has 4 heteroatoms. The lowest BCUT2D eigenvalue weighted by Gasteiger charge is -2.26. The maximum atomic E-state index is 11.4. The van der Waals surface area contributed by atoms with Crippen molar-refractivity contribution in [3.8, 4) is 0 Å². The van der Waals surface area contributed by atoms with Gasteiger partial charge in [0.05, 0.1) is 0 Å². The Balaban J connectivity index is 1.62. The smallest absolute Gasteiger partial charge is 0.315 e. The highest BCUT2D eigenvalue weighted by Gasteiger charge is 2.18. The van der Waals surface area contributed by atoms with E-state index in [0.717, 1.165) is 25.0 Å². The molecule has 1 fully saturated rings. The van der Waals surface area contributed by atoms with E-state index >= 15 is 0 Å². The summed E-state index contributed by atoms with van der Waals surface area (Å²) in [6, 6.07) is 6.15. The molecule has 1 saturated carbocycles. The average molecular weight is 219 g/mol. The highest BCUT2D eigenvalue weighted by Crippen LogP contribution is 2.17. The summed E-state index contributed by atoms with van der Waals surface area (Å²) < 4.78 is 0. The van der Waals surface area contributed by atoms with Gasteiger partial charge in [0.2, 0.25) is 0 Å². The van der Waals surface area contributed by atoms with Crippen LogP contribution in [0.3, 0.4) is 0 Å². The number of pyridine rings is 1. The first-order valence-corrected chi connectivity index (χ1v) is 5.79. The molecule has 16 heavy (non-hydrogen) atoms. The summed E-state index contributed by atoms with van der Waals surface area (Å²) in [5.41, 5.74) is 1.01. The number of urea groups is 1. The van der Waals surface area contributed by atoms with Crippen LogP contribution in [0.4, 0.5) is 4.79 Å². The van der Waals surface area contributed by atoms with E-state index in [1.807, 2.05) is 18.2 Å². The van der Waals surface area contributed by atoms with Gasteiger partial charge in [0.25, 0.3) is 0 Å². The molecule has 1 heterocycles. The summed E-state index contributed by atoms with van der Waals surface area (Å²) in [5.74, 6) is 0. The quantitative estimate of drug-likeness (QED) is 0.805. The van der Waals surface area contributed by atoms with E-state index in [1.54, 1.807) is 6.20 Å². The Morgan fingerprint density at radius 3 is 2.94 bits per heavy atom. The van der Waals surface area contributed by atoms with E-state index < -0.39 is 0 Å². The minimum absolute atomic E-state index is 0.0550. The van der Waals surface area contributed by atoms with E-state index in [4.69, 9.17) is 0 Å². The third-order valence-corrected chi connectivity index (χ3v) is 2.83. The Morgan fingerprint density at radius 1 is 1.44 bits per heavy atom. The summed E-state index contributed by atoms with van der Waals surface area (Å²) in [5, 5.41) is 5.77. The molecular formula is C12H17N3O. The number of hydrogen-bond acceptors (Lipinski definition) is 2. The van der Waals surface area contributed by atoms with Crippen LogP contribution in [0.2, 0.25) is 0 Å². The predicted octanol–water partition coefficient (Wildman–Crippen LogP) is 1.48. The van der Waals surface area contributed by atoms with Crippen LogP contribution < -0.4 is 10.6 Å². The minimum Gasteiger partial charge on any atom is -0.338 e. The number of nitrogens with zero attached hydrogens (tertiary/aromatic N) is 1. The molecule has 0 aliphatic heterocycles. The standard InChI is InChI=1S/C12H17N3O/c16-12(15-11-5-3-6-11)14-9-7-10-4-1-2-8-13-10/h1-2,4,8,11H,3,5-7,9H2,(H2,14,15,16). The molecule has 0 radical (unpaired) electrons. The molecule has 2 rings (SSSR count). The van der Waals surface area contributed by atoms with Crippen molar-refractivity contribution < 1.29 is 4.79 Å². The van der Waals surface area contributed by atoms with Gasteiger partial charge in [0.1, 0.15) is 0 Å². The number of hydrogen-bond donors (Lipinski definition) is 2. The van der Waals surface area contributed by atoms with Gasteiger partial charge in [-0.3, -0.25) is 4.98 Å². The molecule has 0 spiro atoms. The Bertz CT molecular complexity index is 335. The van der Waals surface area contributed by atoms with Crippen molar-refractivity contribution in [1.82, 2.24) is 15.6 Å². The highest BCUT2D eigenvalue weighted by molar-refractivity contribution is 5.74. The molecule has 86 valence electrons. The summed E-state index contributed by atoms with van der Waals surface area (Å²) in [6.07, 6.45) is 6.02. The van der Waals surface area contributed by atoms with Crippen molar-refractivity contribution in [2.45, 2.75) is 31.7 Å². The van der Waals surface area contributed by atoms with Gasteiger partial charge in [0, 0.05) is 30.9 Å². The largest absolute Gasteiger partial charge is 0.338 e. The molecular weight excluding hydrogens is 202 g/mol. The number of aromatic nitrogens is 1. The first-order valence-electron chi connectivity index (χ1n) is 5.79. The van der Waals surface area contributed by atoms with Crippen LogP contribution in [-0.2, 0) is 6.42 Å². The number of rotatable bonds is 4. The van der Waals surface area contributed by atoms with Gasteiger partial charge >= 0.3 is 6.03 Å². The van der Waals surface area contributed by atoms with Crippen molar-refractivity contribution in [3.05, 3.63) is 30.1 Å². The lowest BCUT2D eigenvalue weighted by atomic mass is 9.93. The lowest BCUT2D eigenvalue weighted by molar-refractivity contribution is 0.228. The molecule has 2 amide bonds. The zero-order chi connectivity index (χ0) is 11.2. The summed E-state index contributed by atoms with van der Waals surface area (Å²) >= 11 is 0. The van der Waals surface area contributed by atoms with Gasteiger partial charge in [-0.15, -0.1) is 0 Å². The second-order valence-corrected chi connectivity index (χ2v) is 4.10. The van der Waals surface area contributed by atoms with Crippen LogP contribution in [-0.4, -0.2) is 23.6 Å². The van der Waals surface area contributed by atoms with Crippen molar-refractivity contribution >= 4 is 6.03 Å². The fourth-order valence-corrected chi connectivity index (χ4v) is 1.64. The summed E-state index contributed by atoms with van der Waals surface area (Å²) in [4.78, 5) is 15.6. The lowest BCUT2D eigenvalue weighted by Crippen LogP contribution is -2.45. The molecule has 0 aromatic carbocycles. The predicted molar refractivity (Wildman–Crippen MR) is 62.1 cm³/mol. The Kier molecular flexibility index (Phi) is 3.75. The molecule has 0 unspecified atom stereocenters. The Morgan fingerprint density at radius 2 is 2.31 bits per heavy atom. The van der Waals surface area contributed by atoms with Crippen molar-refractivity contribution in [2.75, 3.05) is 6.54 Å². The second kappa shape index (κ2) is 5.49. The molecule has 1 aromatic rings. The van der Waals surface area contributed by atoms with Crippen LogP contribution in [0.15, 0.2) is 24.4 Å². The van der Waals surface area contributed by atoms with Crippen molar-refractivity contribution in [2.24, 2.45) is 0 Å². The first kappa shape index (κ1) is 10.9. The Labute approximate surface area is 95.5 Å². The molecule has 1 aromatic heterocycles. The minimum atomic E-state index is -0.0550. The molecule has 1 aliphatic carbocycles. The maximum Gasteiger partial charge on any atom is 0.315 e. The maximum absolute atomic E-state index is 11.4. The SMILES string of the molecule is O=C(NCCc1ccccn1)NC1CCC1. The van der Waals surface area contributed by atoms with Gasteiger partial charge in [-0.2, -0.15) is 0 Å². The molecule has 4 nitrogen and oxygen atoms in total. The van der Waals surface area contributed by atoms with E-state index in [2.05, 4.69) is 15.6 Å². The van der Waals surface area contributed by atoms with Crippen LogP contribution in [0.1, 0.15) is 25.0 Å². The van der Waals surface area contributed by atoms with Crippen molar-refractivity contribution in [3.63, 3.8) is 0 Å². The number of carbonyl (C=O) groups excluding carboxylic acids is 1. The van der Waals surface area contributed by atoms with Gasteiger partial charge < -0.3 is 10.6 Å². The second-order valence-electron chi connectivity index (χ2n) is 4.10. The first-order chi connectivity index (χ1) is 7.84. The third kappa shape index (κ3) is 3.22. The van der Waals surface area contributed by atoms with Crippen LogP contribution in [0.25, 0.3) is 0 Å². The zero-order valence-electron chi connectivity index (χ0n) is 9.28. The van der Waals surface area contributed by atoms with Crippen molar-refractivity contribution in [1.29, 1.82) is 0 Å². The van der Waals surface area contributed by atoms with E-state index in [1.165, 1.54) is 6.42 Å². The number of carbonyl (C=O) groups is 1. The van der Waals surface area contributed by atoms with Crippen LogP contribution in [0.5, 0.6) is 0 Å². The van der Waals surface area contributed by atoms with Crippen LogP contribution in [0, 0.1) is 0 Å². The average Bonchev–Trinajstić information content (AvgIpc) is 2.25. The van der Waals surface area contributed by atoms with E-state index in [0.29, 0.717) is 12.6 Å². The van der Waals surface area contributed by atoms with Gasteiger partial charge in [-0.25, -0.2) is 4.79 Å². The normalized spacial score (nSPS) is 15.2. The monoisotopic (exact) mass is 219 g/mol. The van der Waals surface area contributed by atoms with Gasteiger partial charge in [-0.1, -0.05) is 6.07 Å². The fraction of sp³-hybridized carbons (Fsp3) is 0.500. The van der Waals surface area contributed by atoms with E-state index in [9.17, 15) is 4.79 Å². The number of amides is 2. The van der Waals surface area contributed by atoms with Gasteiger partial charge in [-0.05, 0) is 31.4 Å². The van der Waals surface area contributed by atoms with Crippen LogP contribution >= 0.6 is 0 Å². The Hall–Kier alpha value is -1.58. The number of nitrogens with one attached hydrogen (secondary N) is 2. The molecule has 2 N–H and O–H groups in total. The third-order valence-electron chi connectivity index (χ3n) is 2.83. The molecule has 1 aliphatic rings. The molecule has 0 bridgehead atoms. The van der Waals surface area contributed by atoms with E-state index in [-0.39, 0.29) is 6.03 Å². The fourth-order valence-electron chi connectivity index (χ4n) is 1.64. The summed E-state index contributed by atoms with van der Waals surface area (Å²) in [6.45, 7) is 0.634. The summed E-state index contributed by atoms with van der Waals surface area (Å²) in [7, 11) is 0. The zero-order valence-corrected chi connectivity index (χ0v) is 9.28. The molecule has 0 atom stereocenters. The molecule has 0 saturated heterocycles. The topological polar surface area (TPSA) is 54.0 Å².